The Morgan fingerprint density at radius 2 is 1.52 bits per heavy atom. The van der Waals surface area contributed by atoms with E-state index in [2.05, 4.69) is 24.4 Å². The molecule has 7 heteroatoms. The molecule has 2 unspecified atom stereocenters. The fourth-order valence-corrected chi connectivity index (χ4v) is 3.79. The van der Waals surface area contributed by atoms with E-state index in [1.165, 1.54) is 28.5 Å². The maximum Gasteiger partial charge on any atom is 0.246 e. The highest BCUT2D eigenvalue weighted by molar-refractivity contribution is 5.94. The van der Waals surface area contributed by atoms with Gasteiger partial charge in [-0.15, -0.1) is 0 Å². The Labute approximate surface area is 240 Å². The molecule has 3 rings (SSSR count). The molecule has 0 radical (unpaired) electrons. The van der Waals surface area contributed by atoms with Gasteiger partial charge in [0.05, 0.1) is 6.54 Å². The van der Waals surface area contributed by atoms with Gasteiger partial charge in [-0.3, -0.25) is 14.4 Å². The van der Waals surface area contributed by atoms with E-state index < -0.39 is 6.04 Å². The molecule has 3 aromatic rings. The number of nitrogens with zero attached hydrogens (tertiary/aromatic N) is 2. The average molecular weight is 547 g/mol. The molecule has 0 aliphatic heterocycles. The fraction of sp³-hybridized carbons (Fsp3) is 0.364. The molecule has 0 heterocycles. The van der Waals surface area contributed by atoms with Crippen molar-refractivity contribution in [2.24, 2.45) is 5.73 Å². The summed E-state index contributed by atoms with van der Waals surface area (Å²) in [4.78, 5) is 40.4. The molecule has 2 atom stereocenters. The van der Waals surface area contributed by atoms with Crippen molar-refractivity contribution in [3.63, 3.8) is 0 Å². The number of amides is 3. The third-order valence-corrected chi connectivity index (χ3v) is 6.09. The summed E-state index contributed by atoms with van der Waals surface area (Å²) in [7, 11) is 4.69. The van der Waals surface area contributed by atoms with Gasteiger partial charge in [-0.05, 0) is 42.7 Å². The van der Waals surface area contributed by atoms with Gasteiger partial charge >= 0.3 is 0 Å². The van der Waals surface area contributed by atoms with E-state index in [1.54, 1.807) is 20.2 Å². The minimum absolute atomic E-state index is 0.0527. The number of rotatable bonds is 9. The molecule has 0 spiro atoms. The highest BCUT2D eigenvalue weighted by atomic mass is 16.2. The van der Waals surface area contributed by atoms with Crippen LogP contribution in [0.5, 0.6) is 0 Å². The van der Waals surface area contributed by atoms with Crippen LogP contribution in [0.3, 0.4) is 0 Å². The molecule has 0 aromatic heterocycles. The molecule has 3 aromatic carbocycles. The third-order valence-electron chi connectivity index (χ3n) is 6.09. The van der Waals surface area contributed by atoms with E-state index in [4.69, 9.17) is 5.73 Å². The first-order valence-corrected chi connectivity index (χ1v) is 13.8. The minimum Gasteiger partial charge on any atom is -0.358 e. The lowest BCUT2D eigenvalue weighted by atomic mass is 10.00. The number of hydrogen-bond donors (Lipinski definition) is 2. The quantitative estimate of drug-likeness (QED) is 0.380. The van der Waals surface area contributed by atoms with Gasteiger partial charge in [-0.25, -0.2) is 0 Å². The van der Waals surface area contributed by atoms with Gasteiger partial charge in [0, 0.05) is 33.6 Å². The molecule has 3 N–H and O–H groups in total. The Bertz CT molecular complexity index is 1220. The molecule has 0 saturated carbocycles. The van der Waals surface area contributed by atoms with E-state index in [0.29, 0.717) is 12.8 Å². The van der Waals surface area contributed by atoms with Crippen molar-refractivity contribution in [2.75, 3.05) is 27.7 Å². The van der Waals surface area contributed by atoms with Gasteiger partial charge in [0.25, 0.3) is 0 Å². The van der Waals surface area contributed by atoms with Crippen LogP contribution in [0.4, 0.5) is 0 Å². The van der Waals surface area contributed by atoms with E-state index >= 15 is 0 Å². The summed E-state index contributed by atoms with van der Waals surface area (Å²) >= 11 is 0. The van der Waals surface area contributed by atoms with Crippen LogP contribution in [0.25, 0.3) is 10.8 Å². The molecular formula is C33H46N4O3. The normalized spacial score (nSPS) is 11.8. The molecule has 0 saturated heterocycles. The number of aryl methyl sites for hydroxylation is 1. The van der Waals surface area contributed by atoms with Gasteiger partial charge in [-0.2, -0.15) is 0 Å². The van der Waals surface area contributed by atoms with Crippen LogP contribution >= 0.6 is 0 Å². The first kappa shape index (κ1) is 34.1. The van der Waals surface area contributed by atoms with Crippen molar-refractivity contribution in [3.8, 4) is 0 Å². The van der Waals surface area contributed by atoms with Crippen molar-refractivity contribution in [2.45, 2.75) is 52.6 Å². The SMILES string of the molecule is CC.CNC(=O)CN(C)C(=O)C(Cc1ccc2ccccc2c1)N(C)C(=O)/C=C/CC(C)N.Cc1ccccc1. The van der Waals surface area contributed by atoms with Gasteiger partial charge in [0.2, 0.25) is 17.7 Å². The van der Waals surface area contributed by atoms with Crippen molar-refractivity contribution >= 4 is 28.5 Å². The molecule has 7 nitrogen and oxygen atoms in total. The molecule has 0 aliphatic rings. The van der Waals surface area contributed by atoms with E-state index in [0.717, 1.165) is 16.3 Å². The monoisotopic (exact) mass is 546 g/mol. The molecule has 0 bridgehead atoms. The lowest BCUT2D eigenvalue weighted by Crippen LogP contribution is -2.50. The second-order valence-corrected chi connectivity index (χ2v) is 9.49. The summed E-state index contributed by atoms with van der Waals surface area (Å²) < 4.78 is 0. The van der Waals surface area contributed by atoms with Crippen molar-refractivity contribution in [1.82, 2.24) is 15.1 Å². The Hall–Kier alpha value is -3.97. The van der Waals surface area contributed by atoms with Crippen LogP contribution < -0.4 is 11.1 Å². The highest BCUT2D eigenvalue weighted by Crippen LogP contribution is 2.19. The van der Waals surface area contributed by atoms with Crippen LogP contribution in [0, 0.1) is 6.92 Å². The predicted octanol–water partition coefficient (Wildman–Crippen LogP) is 4.73. The zero-order valence-corrected chi connectivity index (χ0v) is 25.1. The Morgan fingerprint density at radius 1 is 0.925 bits per heavy atom. The number of nitrogens with two attached hydrogens (primary N) is 1. The number of hydrogen-bond acceptors (Lipinski definition) is 4. The molecule has 0 fully saturated rings. The Kier molecular flexibility index (Phi) is 15.6. The van der Waals surface area contributed by atoms with E-state index in [-0.39, 0.29) is 30.3 Å². The first-order chi connectivity index (χ1) is 19.1. The first-order valence-electron chi connectivity index (χ1n) is 13.8. The van der Waals surface area contributed by atoms with Gasteiger partial charge in [0.15, 0.2) is 0 Å². The molecule has 216 valence electrons. The topological polar surface area (TPSA) is 95.7 Å². The van der Waals surface area contributed by atoms with Crippen molar-refractivity contribution < 1.29 is 14.4 Å². The molecular weight excluding hydrogens is 500 g/mol. The standard InChI is InChI=1S/C24H32N4O3.C7H8.C2H6/c1-17(25)8-7-11-23(30)28(4)21(24(31)27(3)16-22(29)26-2)15-18-12-13-19-9-5-6-10-20(19)14-18;1-7-5-3-2-4-6-7;1-2/h5-7,9-14,17,21H,8,15-16,25H2,1-4H3,(H,26,29);2-6H,1H3;1-2H3/b11-7+;;. The summed E-state index contributed by atoms with van der Waals surface area (Å²) in [5, 5.41) is 4.68. The van der Waals surface area contributed by atoms with Crippen LogP contribution in [0.1, 0.15) is 38.3 Å². The smallest absolute Gasteiger partial charge is 0.246 e. The van der Waals surface area contributed by atoms with Crippen LogP contribution in [-0.4, -0.2) is 67.3 Å². The number of nitrogens with one attached hydrogen (secondary N) is 1. The highest BCUT2D eigenvalue weighted by Gasteiger charge is 2.29. The van der Waals surface area contributed by atoms with E-state index in [1.807, 2.05) is 81.4 Å². The number of carbonyl (C=O) groups is 3. The second kappa shape index (κ2) is 18.3. The van der Waals surface area contributed by atoms with Crippen molar-refractivity contribution in [1.29, 1.82) is 0 Å². The molecule has 40 heavy (non-hydrogen) atoms. The van der Waals surface area contributed by atoms with Gasteiger partial charge < -0.3 is 20.9 Å². The summed E-state index contributed by atoms with van der Waals surface area (Å²) in [5.74, 6) is -0.854. The van der Waals surface area contributed by atoms with E-state index in [9.17, 15) is 14.4 Å². The van der Waals surface area contributed by atoms with Gasteiger partial charge in [0.1, 0.15) is 6.04 Å². The fourth-order valence-electron chi connectivity index (χ4n) is 3.79. The summed E-state index contributed by atoms with van der Waals surface area (Å²) in [5.41, 5.74) is 7.99. The second-order valence-electron chi connectivity index (χ2n) is 9.49. The number of likely N-dealkylation sites (N-methyl/N-ethyl adjacent to an activating group) is 3. The predicted molar refractivity (Wildman–Crippen MR) is 166 cm³/mol. The van der Waals surface area contributed by atoms with Crippen molar-refractivity contribution in [3.05, 3.63) is 96.1 Å². The zero-order chi connectivity index (χ0) is 30.1. The molecule has 0 aliphatic carbocycles. The lowest BCUT2D eigenvalue weighted by molar-refractivity contribution is -0.143. The largest absolute Gasteiger partial charge is 0.358 e. The number of carbonyl (C=O) groups excluding carboxylic acids is 3. The minimum atomic E-state index is -0.747. The Balaban J connectivity index is 0.000000759. The summed E-state index contributed by atoms with van der Waals surface area (Å²) in [6, 6.07) is 23.4. The van der Waals surface area contributed by atoms with Crippen LogP contribution in [0.15, 0.2) is 84.9 Å². The maximum atomic E-state index is 13.2. The summed E-state index contributed by atoms with van der Waals surface area (Å²) in [6.45, 7) is 7.87. The zero-order valence-electron chi connectivity index (χ0n) is 25.1. The van der Waals surface area contributed by atoms with Gasteiger partial charge in [-0.1, -0.05) is 98.3 Å². The third kappa shape index (κ3) is 11.8. The molecule has 3 amide bonds. The van der Waals surface area contributed by atoms with Crippen LogP contribution in [-0.2, 0) is 20.8 Å². The van der Waals surface area contributed by atoms with Crippen LogP contribution in [0.2, 0.25) is 0 Å². The lowest BCUT2D eigenvalue weighted by Gasteiger charge is -2.30. The number of benzene rings is 3. The number of fused-ring (bicyclic) bond motifs is 1. The summed E-state index contributed by atoms with van der Waals surface area (Å²) in [6.07, 6.45) is 4.07. The maximum absolute atomic E-state index is 13.2. The average Bonchev–Trinajstić information content (AvgIpc) is 2.96. The Morgan fingerprint density at radius 3 is 2.08 bits per heavy atom.